The molecule has 0 saturated heterocycles. The lowest BCUT2D eigenvalue weighted by molar-refractivity contribution is -0.384. The predicted molar refractivity (Wildman–Crippen MR) is 85.9 cm³/mol. The highest BCUT2D eigenvalue weighted by Gasteiger charge is 2.10. The fourth-order valence-corrected chi connectivity index (χ4v) is 2.42. The lowest BCUT2D eigenvalue weighted by atomic mass is 10.2. The molecule has 0 spiro atoms. The number of benzene rings is 2. The predicted octanol–water partition coefficient (Wildman–Crippen LogP) is 3.12. The molecule has 0 aliphatic rings. The van der Waals surface area contributed by atoms with Gasteiger partial charge in [-0.1, -0.05) is 28.1 Å². The van der Waals surface area contributed by atoms with Crippen molar-refractivity contribution in [3.63, 3.8) is 0 Å². The Morgan fingerprint density at radius 2 is 1.91 bits per heavy atom. The molecule has 3 rings (SSSR count). The van der Waals surface area contributed by atoms with Gasteiger partial charge in [0, 0.05) is 16.6 Å². The Bertz CT molecular complexity index is 919. The average Bonchev–Trinajstić information content (AvgIpc) is 2.52. The highest BCUT2D eigenvalue weighted by Crippen LogP contribution is 2.16. The quantitative estimate of drug-likeness (QED) is 0.531. The molecule has 22 heavy (non-hydrogen) atoms. The van der Waals surface area contributed by atoms with E-state index in [2.05, 4.69) is 20.9 Å². The van der Waals surface area contributed by atoms with Crippen molar-refractivity contribution in [2.24, 2.45) is 0 Å². The van der Waals surface area contributed by atoms with E-state index in [0.717, 1.165) is 10.0 Å². The molecule has 7 heteroatoms. The zero-order chi connectivity index (χ0) is 15.7. The van der Waals surface area contributed by atoms with Gasteiger partial charge in [0.1, 0.15) is 0 Å². The summed E-state index contributed by atoms with van der Waals surface area (Å²) in [5.74, 6) is 0. The summed E-state index contributed by atoms with van der Waals surface area (Å²) in [6, 6.07) is 11.7. The molecule has 0 bridgehead atoms. The van der Waals surface area contributed by atoms with Crippen molar-refractivity contribution in [1.82, 2.24) is 9.55 Å². The van der Waals surface area contributed by atoms with E-state index in [-0.39, 0.29) is 11.2 Å². The van der Waals surface area contributed by atoms with Crippen molar-refractivity contribution in [3.8, 4) is 0 Å². The third-order valence-electron chi connectivity index (χ3n) is 3.29. The standard InChI is InChI=1S/C15H10BrN3O3/c16-11-3-1-10(2-4-11)8-18-9-17-14-7-12(19(21)22)5-6-13(14)15(18)20/h1-7,9H,8H2. The summed E-state index contributed by atoms with van der Waals surface area (Å²) in [5.41, 5.74) is 0.993. The highest BCUT2D eigenvalue weighted by atomic mass is 79.9. The minimum Gasteiger partial charge on any atom is -0.294 e. The zero-order valence-electron chi connectivity index (χ0n) is 11.3. The SMILES string of the molecule is O=c1c2ccc([N+](=O)[O-])cc2ncn1Cc1ccc(Br)cc1. The largest absolute Gasteiger partial charge is 0.294 e. The molecule has 0 radical (unpaired) electrons. The molecule has 110 valence electrons. The summed E-state index contributed by atoms with van der Waals surface area (Å²) in [5, 5.41) is 11.1. The van der Waals surface area contributed by atoms with Gasteiger partial charge in [-0.3, -0.25) is 19.5 Å². The van der Waals surface area contributed by atoms with Gasteiger partial charge < -0.3 is 0 Å². The van der Waals surface area contributed by atoms with E-state index in [1.165, 1.54) is 29.1 Å². The lowest BCUT2D eigenvalue weighted by Crippen LogP contribution is -2.21. The summed E-state index contributed by atoms with van der Waals surface area (Å²) in [4.78, 5) is 26.8. The molecule has 1 aromatic heterocycles. The van der Waals surface area contributed by atoms with Crippen molar-refractivity contribution < 1.29 is 4.92 Å². The van der Waals surface area contributed by atoms with Gasteiger partial charge in [0.25, 0.3) is 11.2 Å². The van der Waals surface area contributed by atoms with Crippen LogP contribution in [0.15, 0.2) is 58.1 Å². The second-order valence-electron chi connectivity index (χ2n) is 4.76. The second-order valence-corrected chi connectivity index (χ2v) is 5.68. The Kier molecular flexibility index (Phi) is 3.72. The number of nitro benzene ring substituents is 1. The fourth-order valence-electron chi connectivity index (χ4n) is 2.16. The molecule has 0 N–H and O–H groups in total. The number of non-ortho nitro benzene ring substituents is 1. The van der Waals surface area contributed by atoms with Gasteiger partial charge in [0.15, 0.2) is 0 Å². The van der Waals surface area contributed by atoms with E-state index in [1.54, 1.807) is 0 Å². The van der Waals surface area contributed by atoms with Crippen LogP contribution in [-0.2, 0) is 6.54 Å². The van der Waals surface area contributed by atoms with E-state index in [0.29, 0.717) is 17.4 Å². The van der Waals surface area contributed by atoms with Crippen LogP contribution >= 0.6 is 15.9 Å². The molecule has 0 aliphatic heterocycles. The summed E-state index contributed by atoms with van der Waals surface area (Å²) in [7, 11) is 0. The fraction of sp³-hybridized carbons (Fsp3) is 0.0667. The third-order valence-corrected chi connectivity index (χ3v) is 3.81. The Morgan fingerprint density at radius 3 is 2.59 bits per heavy atom. The van der Waals surface area contributed by atoms with Gasteiger partial charge in [0.2, 0.25) is 0 Å². The van der Waals surface area contributed by atoms with Gasteiger partial charge >= 0.3 is 0 Å². The maximum Gasteiger partial charge on any atom is 0.271 e. The Hall–Kier alpha value is -2.54. The Labute approximate surface area is 133 Å². The average molecular weight is 360 g/mol. The number of hydrogen-bond donors (Lipinski definition) is 0. The number of nitrogens with zero attached hydrogens (tertiary/aromatic N) is 3. The molecular weight excluding hydrogens is 350 g/mol. The third kappa shape index (κ3) is 2.75. The van der Waals surface area contributed by atoms with Crippen LogP contribution in [0.4, 0.5) is 5.69 Å². The van der Waals surface area contributed by atoms with Crippen LogP contribution < -0.4 is 5.56 Å². The molecule has 0 saturated carbocycles. The first kappa shape index (κ1) is 14.4. The maximum absolute atomic E-state index is 12.4. The first-order valence-electron chi connectivity index (χ1n) is 6.42. The molecule has 0 aliphatic carbocycles. The summed E-state index contributed by atoms with van der Waals surface area (Å²) in [6.45, 7) is 0.395. The topological polar surface area (TPSA) is 78.0 Å². The Morgan fingerprint density at radius 1 is 1.18 bits per heavy atom. The normalized spacial score (nSPS) is 10.8. The van der Waals surface area contributed by atoms with Gasteiger partial charge in [-0.05, 0) is 23.8 Å². The van der Waals surface area contributed by atoms with E-state index < -0.39 is 4.92 Å². The van der Waals surface area contributed by atoms with E-state index in [9.17, 15) is 14.9 Å². The van der Waals surface area contributed by atoms with Crippen LogP contribution in [0.25, 0.3) is 10.9 Å². The van der Waals surface area contributed by atoms with Crippen molar-refractivity contribution in [3.05, 3.63) is 79.3 Å². The number of aromatic nitrogens is 2. The molecule has 0 atom stereocenters. The highest BCUT2D eigenvalue weighted by molar-refractivity contribution is 9.10. The number of rotatable bonds is 3. The first-order valence-corrected chi connectivity index (χ1v) is 7.22. The monoisotopic (exact) mass is 359 g/mol. The summed E-state index contributed by atoms with van der Waals surface area (Å²) >= 11 is 3.36. The Balaban J connectivity index is 2.03. The molecular formula is C15H10BrN3O3. The number of hydrogen-bond acceptors (Lipinski definition) is 4. The molecule has 2 aromatic carbocycles. The first-order chi connectivity index (χ1) is 10.5. The second kappa shape index (κ2) is 5.69. The van der Waals surface area contributed by atoms with Crippen molar-refractivity contribution in [1.29, 1.82) is 0 Å². The van der Waals surface area contributed by atoms with Crippen molar-refractivity contribution >= 4 is 32.5 Å². The molecule has 0 amide bonds. The molecule has 3 aromatic rings. The van der Waals surface area contributed by atoms with Crippen LogP contribution in [0.2, 0.25) is 0 Å². The van der Waals surface area contributed by atoms with Gasteiger partial charge in [0.05, 0.1) is 28.7 Å². The zero-order valence-corrected chi connectivity index (χ0v) is 12.9. The number of halogens is 1. The molecule has 0 unspecified atom stereocenters. The van der Waals surface area contributed by atoms with E-state index >= 15 is 0 Å². The van der Waals surface area contributed by atoms with Crippen LogP contribution in [0.3, 0.4) is 0 Å². The summed E-state index contributed by atoms with van der Waals surface area (Å²) < 4.78 is 2.45. The van der Waals surface area contributed by atoms with Crippen molar-refractivity contribution in [2.75, 3.05) is 0 Å². The minimum absolute atomic E-state index is 0.0786. The van der Waals surface area contributed by atoms with Crippen LogP contribution in [-0.4, -0.2) is 14.5 Å². The van der Waals surface area contributed by atoms with Gasteiger partial charge in [-0.2, -0.15) is 0 Å². The maximum atomic E-state index is 12.4. The van der Waals surface area contributed by atoms with Crippen molar-refractivity contribution in [2.45, 2.75) is 6.54 Å². The van der Waals surface area contributed by atoms with Crippen LogP contribution in [0.5, 0.6) is 0 Å². The minimum atomic E-state index is -0.505. The van der Waals surface area contributed by atoms with Gasteiger partial charge in [-0.15, -0.1) is 0 Å². The van der Waals surface area contributed by atoms with E-state index in [4.69, 9.17) is 0 Å². The summed E-state index contributed by atoms with van der Waals surface area (Å²) in [6.07, 6.45) is 1.41. The smallest absolute Gasteiger partial charge is 0.271 e. The lowest BCUT2D eigenvalue weighted by Gasteiger charge is -2.07. The molecule has 0 fully saturated rings. The number of nitro groups is 1. The molecule has 6 nitrogen and oxygen atoms in total. The van der Waals surface area contributed by atoms with Gasteiger partial charge in [-0.25, -0.2) is 4.98 Å². The van der Waals surface area contributed by atoms with E-state index in [1.807, 2.05) is 24.3 Å². The number of fused-ring (bicyclic) bond motifs is 1. The van der Waals surface area contributed by atoms with Crippen LogP contribution in [0.1, 0.15) is 5.56 Å². The van der Waals surface area contributed by atoms with Crippen LogP contribution in [0, 0.1) is 10.1 Å². The molecule has 1 heterocycles.